The Kier molecular flexibility index (Phi) is 4.69. The molecule has 2 N–H and O–H groups in total. The van der Waals surface area contributed by atoms with Gasteiger partial charge < -0.3 is 5.73 Å². The molecule has 0 amide bonds. The van der Waals surface area contributed by atoms with E-state index in [9.17, 15) is 4.39 Å². The molecule has 1 aromatic carbocycles. The zero-order chi connectivity index (χ0) is 14.8. The molecule has 1 saturated heterocycles. The molecule has 1 unspecified atom stereocenters. The average Bonchev–Trinajstić information content (AvgIpc) is 2.59. The number of halogens is 1. The Hall–Kier alpha value is -1.09. The lowest BCUT2D eigenvalue weighted by Gasteiger charge is -2.29. The zero-order valence-electron chi connectivity index (χ0n) is 13.0. The van der Waals surface area contributed by atoms with Crippen molar-refractivity contribution in [3.63, 3.8) is 0 Å². The Bertz CT molecular complexity index is 451. The van der Waals surface area contributed by atoms with Gasteiger partial charge in [0.25, 0.3) is 0 Å². The standard InChI is InChI=1S/C17H27FN2/c1-17(2,3)14-5-4-9-20(10-8-14)12-13-11-15(18)6-7-16(13)19/h6-7,11,14H,4-5,8-10,12,19H2,1-3H3. The quantitative estimate of drug-likeness (QED) is 0.827. The van der Waals surface area contributed by atoms with Gasteiger partial charge in [-0.1, -0.05) is 20.8 Å². The number of benzene rings is 1. The van der Waals surface area contributed by atoms with Gasteiger partial charge in [-0.25, -0.2) is 4.39 Å². The molecule has 1 aromatic rings. The van der Waals surface area contributed by atoms with Gasteiger partial charge in [-0.2, -0.15) is 0 Å². The van der Waals surface area contributed by atoms with Crippen molar-refractivity contribution in [2.45, 2.75) is 46.6 Å². The Morgan fingerprint density at radius 3 is 2.70 bits per heavy atom. The molecule has 0 aromatic heterocycles. The number of hydrogen-bond acceptors (Lipinski definition) is 2. The summed E-state index contributed by atoms with van der Waals surface area (Å²) in [5.41, 5.74) is 7.94. The fourth-order valence-electron chi connectivity index (χ4n) is 3.13. The van der Waals surface area contributed by atoms with Gasteiger partial charge in [-0.05, 0) is 67.4 Å². The van der Waals surface area contributed by atoms with Crippen LogP contribution in [0.5, 0.6) is 0 Å². The Morgan fingerprint density at radius 1 is 1.25 bits per heavy atom. The van der Waals surface area contributed by atoms with E-state index in [2.05, 4.69) is 25.7 Å². The molecule has 0 spiro atoms. The van der Waals surface area contributed by atoms with E-state index in [0.717, 1.165) is 31.1 Å². The molecule has 0 aliphatic carbocycles. The molecule has 0 radical (unpaired) electrons. The van der Waals surface area contributed by atoms with Crippen LogP contribution in [0.25, 0.3) is 0 Å². The second-order valence-electron chi connectivity index (χ2n) is 7.11. The van der Waals surface area contributed by atoms with Crippen LogP contribution in [0, 0.1) is 17.2 Å². The van der Waals surface area contributed by atoms with Crippen molar-refractivity contribution in [3.8, 4) is 0 Å². The molecule has 20 heavy (non-hydrogen) atoms. The first-order chi connectivity index (χ1) is 9.36. The van der Waals surface area contributed by atoms with Crippen LogP contribution in [-0.4, -0.2) is 18.0 Å². The molecule has 2 nitrogen and oxygen atoms in total. The van der Waals surface area contributed by atoms with Crippen LogP contribution in [0.1, 0.15) is 45.6 Å². The van der Waals surface area contributed by atoms with Crippen molar-refractivity contribution in [1.82, 2.24) is 4.90 Å². The number of nitrogen functional groups attached to an aromatic ring is 1. The summed E-state index contributed by atoms with van der Waals surface area (Å²) in [5.74, 6) is 0.578. The van der Waals surface area contributed by atoms with Crippen LogP contribution >= 0.6 is 0 Å². The van der Waals surface area contributed by atoms with E-state index in [1.165, 1.54) is 25.3 Å². The fraction of sp³-hybridized carbons (Fsp3) is 0.647. The summed E-state index contributed by atoms with van der Waals surface area (Å²) in [6.07, 6.45) is 3.73. The molecule has 112 valence electrons. The van der Waals surface area contributed by atoms with Crippen molar-refractivity contribution in [2.24, 2.45) is 11.3 Å². The number of anilines is 1. The van der Waals surface area contributed by atoms with Crippen molar-refractivity contribution >= 4 is 5.69 Å². The number of nitrogens with zero attached hydrogens (tertiary/aromatic N) is 1. The van der Waals surface area contributed by atoms with Gasteiger partial charge in [0.15, 0.2) is 0 Å². The minimum atomic E-state index is -0.198. The first-order valence-corrected chi connectivity index (χ1v) is 7.62. The summed E-state index contributed by atoms with van der Waals surface area (Å²) in [7, 11) is 0. The number of rotatable bonds is 2. The van der Waals surface area contributed by atoms with E-state index in [1.54, 1.807) is 12.1 Å². The maximum Gasteiger partial charge on any atom is 0.123 e. The third-order valence-corrected chi connectivity index (χ3v) is 4.54. The van der Waals surface area contributed by atoms with Gasteiger partial charge in [0.2, 0.25) is 0 Å². The van der Waals surface area contributed by atoms with Gasteiger partial charge in [0.05, 0.1) is 0 Å². The van der Waals surface area contributed by atoms with E-state index >= 15 is 0 Å². The molecular formula is C17H27FN2. The third-order valence-electron chi connectivity index (χ3n) is 4.54. The van der Waals surface area contributed by atoms with Crippen molar-refractivity contribution in [1.29, 1.82) is 0 Å². The van der Waals surface area contributed by atoms with Crippen molar-refractivity contribution in [3.05, 3.63) is 29.6 Å². The Balaban J connectivity index is 1.99. The summed E-state index contributed by atoms with van der Waals surface area (Å²) < 4.78 is 13.3. The highest BCUT2D eigenvalue weighted by Gasteiger charge is 2.27. The van der Waals surface area contributed by atoms with Crippen LogP contribution in [0.4, 0.5) is 10.1 Å². The second kappa shape index (κ2) is 6.13. The Labute approximate surface area is 122 Å². The van der Waals surface area contributed by atoms with Crippen LogP contribution in [0.15, 0.2) is 18.2 Å². The summed E-state index contributed by atoms with van der Waals surface area (Å²) in [5, 5.41) is 0. The van der Waals surface area contributed by atoms with Crippen LogP contribution in [0.3, 0.4) is 0 Å². The molecule has 3 heteroatoms. The third kappa shape index (κ3) is 3.95. The largest absolute Gasteiger partial charge is 0.398 e. The monoisotopic (exact) mass is 278 g/mol. The maximum atomic E-state index is 13.3. The van der Waals surface area contributed by atoms with Gasteiger partial charge >= 0.3 is 0 Å². The van der Waals surface area contributed by atoms with Crippen LogP contribution in [-0.2, 0) is 6.54 Å². The van der Waals surface area contributed by atoms with E-state index in [-0.39, 0.29) is 5.82 Å². The average molecular weight is 278 g/mol. The fourth-order valence-corrected chi connectivity index (χ4v) is 3.13. The van der Waals surface area contributed by atoms with Crippen LogP contribution in [0.2, 0.25) is 0 Å². The smallest absolute Gasteiger partial charge is 0.123 e. The molecule has 1 heterocycles. The minimum Gasteiger partial charge on any atom is -0.398 e. The van der Waals surface area contributed by atoms with Crippen LogP contribution < -0.4 is 5.73 Å². The predicted octanol–water partition coefficient (Wildman–Crippen LogP) is 4.06. The van der Waals surface area contributed by atoms with Crippen molar-refractivity contribution in [2.75, 3.05) is 18.8 Å². The van der Waals surface area contributed by atoms with Gasteiger partial charge in [-0.3, -0.25) is 4.90 Å². The highest BCUT2D eigenvalue weighted by atomic mass is 19.1. The lowest BCUT2D eigenvalue weighted by atomic mass is 9.77. The summed E-state index contributed by atoms with van der Waals surface area (Å²) >= 11 is 0. The number of hydrogen-bond donors (Lipinski definition) is 1. The highest BCUT2D eigenvalue weighted by molar-refractivity contribution is 5.46. The SMILES string of the molecule is CC(C)(C)C1CCCN(Cc2cc(F)ccc2N)CC1. The molecule has 1 atom stereocenters. The highest BCUT2D eigenvalue weighted by Crippen LogP contribution is 2.34. The maximum absolute atomic E-state index is 13.3. The molecule has 0 saturated carbocycles. The van der Waals surface area contributed by atoms with E-state index < -0.39 is 0 Å². The lowest BCUT2D eigenvalue weighted by Crippen LogP contribution is -2.26. The number of likely N-dealkylation sites (tertiary alicyclic amines) is 1. The van der Waals surface area contributed by atoms with Gasteiger partial charge in [-0.15, -0.1) is 0 Å². The first kappa shape index (κ1) is 15.3. The van der Waals surface area contributed by atoms with E-state index in [1.807, 2.05) is 0 Å². The molecule has 1 aliphatic heterocycles. The summed E-state index contributed by atoms with van der Waals surface area (Å²) in [4.78, 5) is 2.41. The first-order valence-electron chi connectivity index (χ1n) is 7.62. The minimum absolute atomic E-state index is 0.198. The Morgan fingerprint density at radius 2 is 2.00 bits per heavy atom. The predicted molar refractivity (Wildman–Crippen MR) is 82.9 cm³/mol. The normalized spacial score (nSPS) is 21.7. The van der Waals surface area contributed by atoms with Gasteiger partial charge in [0, 0.05) is 12.2 Å². The number of nitrogens with two attached hydrogens (primary N) is 1. The second-order valence-corrected chi connectivity index (χ2v) is 7.11. The molecule has 2 rings (SSSR count). The summed E-state index contributed by atoms with van der Waals surface area (Å²) in [6.45, 7) is 9.93. The molecular weight excluding hydrogens is 251 g/mol. The van der Waals surface area contributed by atoms with E-state index in [0.29, 0.717) is 11.1 Å². The zero-order valence-corrected chi connectivity index (χ0v) is 13.0. The summed E-state index contributed by atoms with van der Waals surface area (Å²) in [6, 6.07) is 4.67. The topological polar surface area (TPSA) is 29.3 Å². The molecule has 1 aliphatic rings. The molecule has 0 bridgehead atoms. The van der Waals surface area contributed by atoms with Crippen molar-refractivity contribution < 1.29 is 4.39 Å². The van der Waals surface area contributed by atoms with Gasteiger partial charge in [0.1, 0.15) is 5.82 Å². The lowest BCUT2D eigenvalue weighted by molar-refractivity contribution is 0.206. The van der Waals surface area contributed by atoms with E-state index in [4.69, 9.17) is 5.73 Å². The molecule has 1 fully saturated rings.